The zero-order valence-corrected chi connectivity index (χ0v) is 9.72. The SMILES string of the molecule is CC(N)CCc1cc(Cl)cc(F)c1NC=O. The van der Waals surface area contributed by atoms with E-state index in [1.807, 2.05) is 6.92 Å². The summed E-state index contributed by atoms with van der Waals surface area (Å²) in [5, 5.41) is 2.65. The molecule has 0 bridgehead atoms. The van der Waals surface area contributed by atoms with Crippen LogP contribution in [0.1, 0.15) is 18.9 Å². The minimum absolute atomic E-state index is 0.0196. The van der Waals surface area contributed by atoms with Gasteiger partial charge in [-0.05, 0) is 37.5 Å². The van der Waals surface area contributed by atoms with Crippen LogP contribution >= 0.6 is 11.6 Å². The van der Waals surface area contributed by atoms with Crippen molar-refractivity contribution < 1.29 is 9.18 Å². The number of amides is 1. The number of hydrogen-bond acceptors (Lipinski definition) is 2. The van der Waals surface area contributed by atoms with E-state index in [2.05, 4.69) is 5.32 Å². The fourth-order valence-electron chi connectivity index (χ4n) is 1.43. The number of benzene rings is 1. The van der Waals surface area contributed by atoms with Crippen molar-refractivity contribution >= 4 is 23.7 Å². The number of carbonyl (C=O) groups excluding carboxylic acids is 1. The Bertz CT molecular complexity index is 382. The fraction of sp³-hybridized carbons (Fsp3) is 0.364. The van der Waals surface area contributed by atoms with Crippen molar-refractivity contribution in [3.63, 3.8) is 0 Å². The summed E-state index contributed by atoms with van der Waals surface area (Å²) < 4.78 is 13.5. The molecule has 0 saturated heterocycles. The molecular weight excluding hydrogens is 231 g/mol. The number of carbonyl (C=O) groups is 1. The second-order valence-electron chi connectivity index (χ2n) is 3.70. The lowest BCUT2D eigenvalue weighted by atomic mass is 10.0. The maximum absolute atomic E-state index is 13.5. The summed E-state index contributed by atoms with van der Waals surface area (Å²) in [5.74, 6) is -0.528. The molecule has 1 amide bonds. The van der Waals surface area contributed by atoms with Gasteiger partial charge in [0.25, 0.3) is 0 Å². The van der Waals surface area contributed by atoms with Crippen molar-refractivity contribution in [3.05, 3.63) is 28.5 Å². The van der Waals surface area contributed by atoms with Crippen LogP contribution in [0.4, 0.5) is 10.1 Å². The zero-order chi connectivity index (χ0) is 12.1. The van der Waals surface area contributed by atoms with E-state index in [4.69, 9.17) is 17.3 Å². The minimum atomic E-state index is -0.528. The van der Waals surface area contributed by atoms with Crippen LogP contribution in [0, 0.1) is 5.82 Å². The van der Waals surface area contributed by atoms with Gasteiger partial charge in [0.15, 0.2) is 0 Å². The molecule has 0 aromatic heterocycles. The second kappa shape index (κ2) is 5.82. The monoisotopic (exact) mass is 244 g/mol. The number of rotatable bonds is 5. The van der Waals surface area contributed by atoms with Crippen molar-refractivity contribution in [1.29, 1.82) is 0 Å². The molecule has 5 heteroatoms. The van der Waals surface area contributed by atoms with Gasteiger partial charge >= 0.3 is 0 Å². The molecule has 0 heterocycles. The summed E-state index contributed by atoms with van der Waals surface area (Å²) in [5.41, 5.74) is 6.47. The third-order valence-electron chi connectivity index (χ3n) is 2.21. The molecule has 0 fully saturated rings. The molecular formula is C11H14ClFN2O. The molecule has 1 aromatic carbocycles. The normalized spacial score (nSPS) is 12.2. The van der Waals surface area contributed by atoms with Crippen molar-refractivity contribution in [3.8, 4) is 0 Å². The first-order chi connectivity index (χ1) is 7.54. The number of halogens is 2. The fourth-order valence-corrected chi connectivity index (χ4v) is 1.66. The standard InChI is InChI=1S/C11H14ClFN2O/c1-7(14)2-3-8-4-9(12)5-10(13)11(8)15-6-16/h4-7H,2-3,14H2,1H3,(H,15,16). The van der Waals surface area contributed by atoms with Crippen LogP contribution in [0.25, 0.3) is 0 Å². The molecule has 3 N–H and O–H groups in total. The molecule has 3 nitrogen and oxygen atoms in total. The van der Waals surface area contributed by atoms with E-state index in [9.17, 15) is 9.18 Å². The first-order valence-corrected chi connectivity index (χ1v) is 5.36. The topological polar surface area (TPSA) is 55.1 Å². The molecule has 0 spiro atoms. The van der Waals surface area contributed by atoms with Gasteiger partial charge in [-0.25, -0.2) is 4.39 Å². The highest BCUT2D eigenvalue weighted by Crippen LogP contribution is 2.25. The van der Waals surface area contributed by atoms with Gasteiger partial charge < -0.3 is 11.1 Å². The molecule has 16 heavy (non-hydrogen) atoms. The highest BCUT2D eigenvalue weighted by molar-refractivity contribution is 6.30. The Morgan fingerprint density at radius 3 is 2.88 bits per heavy atom. The zero-order valence-electron chi connectivity index (χ0n) is 8.97. The molecule has 1 rings (SSSR count). The van der Waals surface area contributed by atoms with E-state index < -0.39 is 5.82 Å². The van der Waals surface area contributed by atoms with Crippen LogP contribution in [-0.4, -0.2) is 12.5 Å². The average molecular weight is 245 g/mol. The average Bonchev–Trinajstić information content (AvgIpc) is 2.19. The van der Waals surface area contributed by atoms with E-state index in [1.165, 1.54) is 6.07 Å². The quantitative estimate of drug-likeness (QED) is 0.781. The maximum Gasteiger partial charge on any atom is 0.211 e. The number of nitrogens with one attached hydrogen (secondary N) is 1. The molecule has 1 unspecified atom stereocenters. The van der Waals surface area contributed by atoms with Gasteiger partial charge in [-0.15, -0.1) is 0 Å². The first kappa shape index (κ1) is 12.9. The third-order valence-corrected chi connectivity index (χ3v) is 2.43. The van der Waals surface area contributed by atoms with Crippen molar-refractivity contribution in [2.45, 2.75) is 25.8 Å². The number of anilines is 1. The largest absolute Gasteiger partial charge is 0.328 e. The highest BCUT2D eigenvalue weighted by Gasteiger charge is 2.10. The van der Waals surface area contributed by atoms with Gasteiger partial charge in [-0.1, -0.05) is 11.6 Å². The van der Waals surface area contributed by atoms with Crippen LogP contribution in [0.2, 0.25) is 5.02 Å². The van der Waals surface area contributed by atoms with Crippen LogP contribution < -0.4 is 11.1 Å². The highest BCUT2D eigenvalue weighted by atomic mass is 35.5. The molecule has 0 aliphatic heterocycles. The lowest BCUT2D eigenvalue weighted by molar-refractivity contribution is -0.105. The molecule has 0 radical (unpaired) electrons. The summed E-state index contributed by atoms with van der Waals surface area (Å²) >= 11 is 5.75. The summed E-state index contributed by atoms with van der Waals surface area (Å²) in [6.45, 7) is 1.87. The summed E-state index contributed by atoms with van der Waals surface area (Å²) in [6.07, 6.45) is 1.72. The maximum atomic E-state index is 13.5. The molecule has 1 atom stereocenters. The van der Waals surface area contributed by atoms with Crippen molar-refractivity contribution in [2.75, 3.05) is 5.32 Å². The molecule has 0 saturated carbocycles. The van der Waals surface area contributed by atoms with Crippen LogP contribution in [-0.2, 0) is 11.2 Å². The van der Waals surface area contributed by atoms with E-state index >= 15 is 0 Å². The van der Waals surface area contributed by atoms with Gasteiger partial charge in [0.2, 0.25) is 6.41 Å². The Labute approximate surface area is 98.8 Å². The third kappa shape index (κ3) is 3.47. The van der Waals surface area contributed by atoms with Gasteiger partial charge in [0, 0.05) is 11.1 Å². The summed E-state index contributed by atoms with van der Waals surface area (Å²) in [4.78, 5) is 10.4. The van der Waals surface area contributed by atoms with Crippen LogP contribution in [0.5, 0.6) is 0 Å². The van der Waals surface area contributed by atoms with Crippen molar-refractivity contribution in [2.24, 2.45) is 5.73 Å². The van der Waals surface area contributed by atoms with E-state index in [1.54, 1.807) is 6.07 Å². The summed E-state index contributed by atoms with van der Waals surface area (Å²) in [7, 11) is 0. The van der Waals surface area contributed by atoms with Gasteiger partial charge in [-0.3, -0.25) is 4.79 Å². The molecule has 88 valence electrons. The van der Waals surface area contributed by atoms with Gasteiger partial charge in [-0.2, -0.15) is 0 Å². The molecule has 0 aliphatic rings. The minimum Gasteiger partial charge on any atom is -0.328 e. The Morgan fingerprint density at radius 2 is 2.31 bits per heavy atom. The lowest BCUT2D eigenvalue weighted by Crippen LogP contribution is -2.16. The second-order valence-corrected chi connectivity index (χ2v) is 4.14. The van der Waals surface area contributed by atoms with Crippen molar-refractivity contribution in [1.82, 2.24) is 0 Å². The number of nitrogens with two attached hydrogens (primary N) is 1. The number of aryl methyl sites for hydroxylation is 1. The van der Waals surface area contributed by atoms with Crippen LogP contribution in [0.3, 0.4) is 0 Å². The van der Waals surface area contributed by atoms with E-state index in [0.29, 0.717) is 29.8 Å². The predicted octanol–water partition coefficient (Wildman–Crippen LogP) is 2.33. The summed E-state index contributed by atoms with van der Waals surface area (Å²) in [6, 6.07) is 2.83. The van der Waals surface area contributed by atoms with Crippen LogP contribution in [0.15, 0.2) is 12.1 Å². The Hall–Kier alpha value is -1.13. The lowest BCUT2D eigenvalue weighted by Gasteiger charge is -2.11. The van der Waals surface area contributed by atoms with E-state index in [-0.39, 0.29) is 11.7 Å². The molecule has 0 aliphatic carbocycles. The molecule has 1 aromatic rings. The Kier molecular flexibility index (Phi) is 4.71. The predicted molar refractivity (Wildman–Crippen MR) is 63.1 cm³/mol. The Balaban J connectivity index is 2.98. The number of hydrogen-bond donors (Lipinski definition) is 2. The smallest absolute Gasteiger partial charge is 0.211 e. The Morgan fingerprint density at radius 1 is 1.62 bits per heavy atom. The first-order valence-electron chi connectivity index (χ1n) is 4.98. The van der Waals surface area contributed by atoms with E-state index in [0.717, 1.165) is 0 Å². The van der Waals surface area contributed by atoms with Gasteiger partial charge in [0.05, 0.1) is 5.69 Å². The van der Waals surface area contributed by atoms with Gasteiger partial charge in [0.1, 0.15) is 5.82 Å².